The van der Waals surface area contributed by atoms with Crippen LogP contribution >= 0.6 is 23.2 Å². The standard InChI is InChI=1S/C21H16Cl2N2O/c22-17-11-18(23)19-24-20(26)21(25(19)14-17,12-15-7-3-1-4-8-15)13-16-9-5-2-6-10-16/h1-11,14H,12-13H2. The van der Waals surface area contributed by atoms with Crippen LogP contribution in [-0.4, -0.2) is 22.2 Å². The van der Waals surface area contributed by atoms with Crippen LogP contribution in [0.4, 0.5) is 0 Å². The Morgan fingerprint density at radius 1 is 0.885 bits per heavy atom. The fraction of sp³-hybridized carbons (Fsp3) is 0.143. The van der Waals surface area contributed by atoms with Crippen molar-refractivity contribution in [3.63, 3.8) is 0 Å². The number of carbonyl (C=O) groups excluding carboxylic acids is 1. The van der Waals surface area contributed by atoms with Gasteiger partial charge in [0.2, 0.25) is 0 Å². The summed E-state index contributed by atoms with van der Waals surface area (Å²) in [5.74, 6) is 0.266. The molecular weight excluding hydrogens is 367 g/mol. The number of allylic oxidation sites excluding steroid dienone is 2. The summed E-state index contributed by atoms with van der Waals surface area (Å²) in [7, 11) is 0. The van der Waals surface area contributed by atoms with Crippen molar-refractivity contribution in [1.82, 2.24) is 4.90 Å². The maximum absolute atomic E-state index is 13.1. The van der Waals surface area contributed by atoms with Crippen molar-refractivity contribution < 1.29 is 4.79 Å². The normalized spacial score (nSPS) is 18.2. The van der Waals surface area contributed by atoms with E-state index in [-0.39, 0.29) is 5.91 Å². The van der Waals surface area contributed by atoms with Crippen LogP contribution < -0.4 is 0 Å². The second-order valence-corrected chi connectivity index (χ2v) is 7.32. The van der Waals surface area contributed by atoms with Crippen molar-refractivity contribution in [2.45, 2.75) is 18.4 Å². The molecule has 0 N–H and O–H groups in total. The van der Waals surface area contributed by atoms with Crippen molar-refractivity contribution in [2.24, 2.45) is 4.99 Å². The maximum atomic E-state index is 13.1. The van der Waals surface area contributed by atoms with Crippen molar-refractivity contribution in [3.8, 4) is 0 Å². The van der Waals surface area contributed by atoms with Crippen molar-refractivity contribution in [3.05, 3.63) is 94.1 Å². The molecule has 0 fully saturated rings. The number of amides is 1. The third-order valence-electron chi connectivity index (χ3n) is 4.70. The van der Waals surface area contributed by atoms with E-state index in [4.69, 9.17) is 23.2 Å². The molecule has 0 saturated heterocycles. The molecule has 0 saturated carbocycles. The lowest BCUT2D eigenvalue weighted by molar-refractivity contribution is -0.124. The summed E-state index contributed by atoms with van der Waals surface area (Å²) in [6.07, 6.45) is 4.40. The lowest BCUT2D eigenvalue weighted by atomic mass is 9.83. The van der Waals surface area contributed by atoms with Crippen LogP contribution in [0.5, 0.6) is 0 Å². The average Bonchev–Trinajstić information content (AvgIpc) is 2.89. The maximum Gasteiger partial charge on any atom is 0.274 e. The fourth-order valence-electron chi connectivity index (χ4n) is 3.51. The Morgan fingerprint density at radius 2 is 1.42 bits per heavy atom. The minimum Gasteiger partial charge on any atom is -0.314 e. The van der Waals surface area contributed by atoms with Gasteiger partial charge in [0.25, 0.3) is 5.91 Å². The Morgan fingerprint density at radius 3 is 1.96 bits per heavy atom. The molecule has 5 heteroatoms. The van der Waals surface area contributed by atoms with Crippen LogP contribution in [0.1, 0.15) is 11.1 Å². The number of carbonyl (C=O) groups is 1. The molecule has 26 heavy (non-hydrogen) atoms. The third kappa shape index (κ3) is 2.98. The van der Waals surface area contributed by atoms with Crippen LogP contribution in [0.2, 0.25) is 0 Å². The van der Waals surface area contributed by atoms with E-state index in [0.29, 0.717) is 28.7 Å². The number of hydrogen-bond acceptors (Lipinski definition) is 2. The monoisotopic (exact) mass is 382 g/mol. The number of fused-ring (bicyclic) bond motifs is 1. The summed E-state index contributed by atoms with van der Waals surface area (Å²) >= 11 is 12.6. The Balaban J connectivity index is 1.81. The molecule has 2 aromatic rings. The fourth-order valence-corrected chi connectivity index (χ4v) is 4.02. The highest BCUT2D eigenvalue weighted by Gasteiger charge is 2.51. The van der Waals surface area contributed by atoms with E-state index >= 15 is 0 Å². The summed E-state index contributed by atoms with van der Waals surface area (Å²) in [6, 6.07) is 19.9. The van der Waals surface area contributed by atoms with E-state index in [2.05, 4.69) is 4.99 Å². The summed E-state index contributed by atoms with van der Waals surface area (Å²) in [5, 5.41) is 0.864. The molecule has 1 amide bonds. The highest BCUT2D eigenvalue weighted by atomic mass is 35.5. The first-order valence-corrected chi connectivity index (χ1v) is 9.09. The summed E-state index contributed by atoms with van der Waals surface area (Å²) < 4.78 is 0. The second kappa shape index (κ2) is 6.75. The smallest absolute Gasteiger partial charge is 0.274 e. The lowest BCUT2D eigenvalue weighted by Crippen LogP contribution is -2.53. The minimum absolute atomic E-state index is 0.200. The van der Waals surface area contributed by atoms with E-state index in [9.17, 15) is 4.79 Å². The molecule has 0 radical (unpaired) electrons. The number of nitrogens with zero attached hydrogens (tertiary/aromatic N) is 2. The molecule has 130 valence electrons. The summed E-state index contributed by atoms with van der Waals surface area (Å²) in [5.41, 5.74) is 1.24. The zero-order valence-corrected chi connectivity index (χ0v) is 15.4. The number of halogens is 2. The van der Waals surface area contributed by atoms with Crippen molar-refractivity contribution in [1.29, 1.82) is 0 Å². The van der Waals surface area contributed by atoms with Crippen molar-refractivity contribution in [2.75, 3.05) is 0 Å². The molecule has 2 heterocycles. The van der Waals surface area contributed by atoms with E-state index < -0.39 is 5.54 Å². The number of benzene rings is 2. The van der Waals surface area contributed by atoms with E-state index in [1.54, 1.807) is 12.3 Å². The topological polar surface area (TPSA) is 32.7 Å². The molecule has 4 rings (SSSR count). The first-order valence-electron chi connectivity index (χ1n) is 8.34. The first kappa shape index (κ1) is 17.1. The SMILES string of the molecule is O=C1N=C2C(Cl)=CC(Cl)=CN2C1(Cc1ccccc1)Cc1ccccc1. The molecule has 0 aromatic heterocycles. The molecule has 0 unspecified atom stereocenters. The molecule has 2 aliphatic rings. The number of hydrogen-bond donors (Lipinski definition) is 0. The van der Waals surface area contributed by atoms with Gasteiger partial charge in [0.05, 0.1) is 10.1 Å². The van der Waals surface area contributed by atoms with E-state index in [1.165, 1.54) is 0 Å². The molecule has 0 atom stereocenters. The number of amidine groups is 1. The Hall–Kier alpha value is -2.36. The lowest BCUT2D eigenvalue weighted by Gasteiger charge is -2.38. The Kier molecular flexibility index (Phi) is 4.43. The summed E-state index contributed by atoms with van der Waals surface area (Å²) in [4.78, 5) is 19.3. The van der Waals surface area contributed by atoms with Gasteiger partial charge in [-0.25, -0.2) is 0 Å². The van der Waals surface area contributed by atoms with Gasteiger partial charge < -0.3 is 4.90 Å². The van der Waals surface area contributed by atoms with Crippen LogP contribution in [0, 0.1) is 0 Å². The first-order chi connectivity index (χ1) is 12.6. The van der Waals surface area contributed by atoms with Gasteiger partial charge in [-0.3, -0.25) is 4.79 Å². The van der Waals surface area contributed by atoms with Crippen LogP contribution in [0.25, 0.3) is 0 Å². The molecular formula is C21H16Cl2N2O. The number of rotatable bonds is 4. The van der Waals surface area contributed by atoms with Gasteiger partial charge in [-0.2, -0.15) is 4.99 Å². The van der Waals surface area contributed by atoms with Gasteiger partial charge in [-0.15, -0.1) is 0 Å². The Labute approximate surface area is 162 Å². The quantitative estimate of drug-likeness (QED) is 0.769. The van der Waals surface area contributed by atoms with Crippen LogP contribution in [-0.2, 0) is 17.6 Å². The zero-order valence-electron chi connectivity index (χ0n) is 13.9. The highest BCUT2D eigenvalue weighted by Crippen LogP contribution is 2.38. The average molecular weight is 383 g/mol. The van der Waals surface area contributed by atoms with E-state index in [0.717, 1.165) is 11.1 Å². The summed E-state index contributed by atoms with van der Waals surface area (Å²) in [6.45, 7) is 0. The predicted molar refractivity (Wildman–Crippen MR) is 105 cm³/mol. The third-order valence-corrected chi connectivity index (χ3v) is 5.19. The Bertz CT molecular complexity index is 891. The van der Waals surface area contributed by atoms with E-state index in [1.807, 2.05) is 65.6 Å². The predicted octanol–water partition coefficient (Wildman–Crippen LogP) is 4.67. The van der Waals surface area contributed by atoms with Gasteiger partial charge in [-0.1, -0.05) is 83.9 Å². The largest absolute Gasteiger partial charge is 0.314 e. The number of aliphatic imine (C=N–C) groups is 1. The van der Waals surface area contributed by atoms with Gasteiger partial charge in [0.1, 0.15) is 5.54 Å². The molecule has 0 bridgehead atoms. The molecule has 0 spiro atoms. The van der Waals surface area contributed by atoms with Crippen LogP contribution in [0.3, 0.4) is 0 Å². The molecule has 3 nitrogen and oxygen atoms in total. The van der Waals surface area contributed by atoms with Crippen LogP contribution in [0.15, 0.2) is 88.0 Å². The van der Waals surface area contributed by atoms with Gasteiger partial charge >= 0.3 is 0 Å². The van der Waals surface area contributed by atoms with Gasteiger partial charge in [0, 0.05) is 19.0 Å². The highest BCUT2D eigenvalue weighted by molar-refractivity contribution is 6.46. The second-order valence-electron chi connectivity index (χ2n) is 6.47. The molecule has 0 aliphatic carbocycles. The molecule has 2 aromatic carbocycles. The zero-order chi connectivity index (χ0) is 18.1. The minimum atomic E-state index is -0.882. The van der Waals surface area contributed by atoms with Gasteiger partial charge in [-0.05, 0) is 17.2 Å². The van der Waals surface area contributed by atoms with Crippen molar-refractivity contribution >= 4 is 34.9 Å². The molecule has 2 aliphatic heterocycles. The van der Waals surface area contributed by atoms with Gasteiger partial charge in [0.15, 0.2) is 5.84 Å².